The first-order valence-corrected chi connectivity index (χ1v) is 7.16. The molecular formula is C16H18BrNO. The van der Waals surface area contributed by atoms with Crippen LogP contribution in [0.5, 0.6) is 5.75 Å². The molecule has 0 atom stereocenters. The molecule has 0 aliphatic heterocycles. The van der Waals surface area contributed by atoms with Crippen molar-refractivity contribution in [2.24, 2.45) is 5.73 Å². The van der Waals surface area contributed by atoms with E-state index < -0.39 is 0 Å². The average Bonchev–Trinajstić information content (AvgIpc) is 2.40. The molecule has 0 aromatic heterocycles. The summed E-state index contributed by atoms with van der Waals surface area (Å²) in [5, 5.41) is 0. The van der Waals surface area contributed by atoms with Gasteiger partial charge in [0, 0.05) is 10.0 Å². The first-order valence-electron chi connectivity index (χ1n) is 6.36. The molecule has 0 amide bonds. The highest BCUT2D eigenvalue weighted by molar-refractivity contribution is 9.10. The van der Waals surface area contributed by atoms with Crippen LogP contribution in [0.1, 0.15) is 16.7 Å². The van der Waals surface area contributed by atoms with Gasteiger partial charge >= 0.3 is 0 Å². The Hall–Kier alpha value is -1.32. The summed E-state index contributed by atoms with van der Waals surface area (Å²) < 4.78 is 7.00. The summed E-state index contributed by atoms with van der Waals surface area (Å²) in [6.07, 6.45) is 0.840. The lowest BCUT2D eigenvalue weighted by Gasteiger charge is -2.12. The smallest absolute Gasteiger partial charge is 0.123 e. The Bertz CT molecular complexity index is 554. The molecule has 0 radical (unpaired) electrons. The van der Waals surface area contributed by atoms with E-state index in [9.17, 15) is 0 Å². The second kappa shape index (κ2) is 6.73. The molecule has 2 nitrogen and oxygen atoms in total. The second-order valence-corrected chi connectivity index (χ2v) is 5.38. The monoisotopic (exact) mass is 319 g/mol. The minimum Gasteiger partial charge on any atom is -0.489 e. The van der Waals surface area contributed by atoms with Crippen molar-refractivity contribution in [2.45, 2.75) is 20.0 Å². The van der Waals surface area contributed by atoms with Crippen LogP contribution in [0, 0.1) is 6.92 Å². The topological polar surface area (TPSA) is 35.2 Å². The van der Waals surface area contributed by atoms with Crippen LogP contribution in [-0.4, -0.2) is 6.54 Å². The quantitative estimate of drug-likeness (QED) is 0.908. The van der Waals surface area contributed by atoms with Crippen molar-refractivity contribution in [1.82, 2.24) is 0 Å². The summed E-state index contributed by atoms with van der Waals surface area (Å²) in [7, 11) is 0. The molecule has 0 fully saturated rings. The summed E-state index contributed by atoms with van der Waals surface area (Å²) in [6, 6.07) is 14.3. The van der Waals surface area contributed by atoms with E-state index >= 15 is 0 Å². The van der Waals surface area contributed by atoms with Crippen LogP contribution < -0.4 is 10.5 Å². The van der Waals surface area contributed by atoms with Gasteiger partial charge in [0.1, 0.15) is 12.4 Å². The summed E-state index contributed by atoms with van der Waals surface area (Å²) in [4.78, 5) is 0. The van der Waals surface area contributed by atoms with Gasteiger partial charge in [-0.1, -0.05) is 51.8 Å². The van der Waals surface area contributed by atoms with Gasteiger partial charge in [-0.2, -0.15) is 0 Å². The normalized spacial score (nSPS) is 10.5. The molecule has 0 saturated heterocycles. The summed E-state index contributed by atoms with van der Waals surface area (Å²) >= 11 is 3.53. The molecule has 0 unspecified atom stereocenters. The molecule has 2 aromatic carbocycles. The van der Waals surface area contributed by atoms with Gasteiger partial charge in [0.25, 0.3) is 0 Å². The van der Waals surface area contributed by atoms with E-state index in [1.54, 1.807) is 0 Å². The highest BCUT2D eigenvalue weighted by atomic mass is 79.9. The fourth-order valence-corrected chi connectivity index (χ4v) is 2.37. The molecule has 19 heavy (non-hydrogen) atoms. The molecule has 0 aliphatic rings. The first-order chi connectivity index (χ1) is 9.20. The maximum atomic E-state index is 5.93. The zero-order chi connectivity index (χ0) is 13.7. The van der Waals surface area contributed by atoms with Crippen LogP contribution in [0.25, 0.3) is 0 Å². The van der Waals surface area contributed by atoms with Gasteiger partial charge in [-0.25, -0.2) is 0 Å². The number of ether oxygens (including phenoxy) is 1. The van der Waals surface area contributed by atoms with Crippen molar-refractivity contribution in [3.05, 3.63) is 63.6 Å². The number of hydrogen-bond acceptors (Lipinski definition) is 2. The Morgan fingerprint density at radius 1 is 1.11 bits per heavy atom. The predicted molar refractivity (Wildman–Crippen MR) is 82.4 cm³/mol. The largest absolute Gasteiger partial charge is 0.489 e. The lowest BCUT2D eigenvalue weighted by molar-refractivity contribution is 0.302. The molecule has 0 heterocycles. The van der Waals surface area contributed by atoms with E-state index in [0.29, 0.717) is 13.2 Å². The van der Waals surface area contributed by atoms with Crippen LogP contribution in [0.2, 0.25) is 0 Å². The van der Waals surface area contributed by atoms with E-state index in [-0.39, 0.29) is 0 Å². The van der Waals surface area contributed by atoms with Crippen molar-refractivity contribution < 1.29 is 4.74 Å². The van der Waals surface area contributed by atoms with E-state index in [0.717, 1.165) is 22.2 Å². The molecule has 0 spiro atoms. The molecule has 2 aromatic rings. The third kappa shape index (κ3) is 3.82. The highest BCUT2D eigenvalue weighted by Crippen LogP contribution is 2.23. The van der Waals surface area contributed by atoms with E-state index in [1.165, 1.54) is 11.1 Å². The summed E-state index contributed by atoms with van der Waals surface area (Å²) in [5.41, 5.74) is 9.20. The fraction of sp³-hybridized carbons (Fsp3) is 0.250. The molecule has 2 N–H and O–H groups in total. The van der Waals surface area contributed by atoms with Crippen LogP contribution in [0.3, 0.4) is 0 Å². The number of halogens is 1. The Morgan fingerprint density at radius 2 is 1.89 bits per heavy atom. The Morgan fingerprint density at radius 3 is 2.63 bits per heavy atom. The Labute approximate surface area is 122 Å². The van der Waals surface area contributed by atoms with E-state index in [2.05, 4.69) is 41.1 Å². The molecule has 100 valence electrons. The molecule has 0 bridgehead atoms. The molecule has 0 aliphatic carbocycles. The maximum Gasteiger partial charge on any atom is 0.123 e. The minimum atomic E-state index is 0.558. The minimum absolute atomic E-state index is 0.558. The third-order valence-corrected chi connectivity index (χ3v) is 3.74. The van der Waals surface area contributed by atoms with Crippen LogP contribution in [0.15, 0.2) is 46.9 Å². The molecule has 3 heteroatoms. The third-order valence-electron chi connectivity index (χ3n) is 2.97. The number of rotatable bonds is 5. The number of benzene rings is 2. The maximum absolute atomic E-state index is 5.93. The van der Waals surface area contributed by atoms with Gasteiger partial charge in [-0.3, -0.25) is 0 Å². The van der Waals surface area contributed by atoms with E-state index in [4.69, 9.17) is 10.5 Å². The molecule has 2 rings (SSSR count). The van der Waals surface area contributed by atoms with Crippen molar-refractivity contribution in [2.75, 3.05) is 6.54 Å². The predicted octanol–water partition coefficient (Wildman–Crippen LogP) is 3.84. The van der Waals surface area contributed by atoms with Crippen molar-refractivity contribution in [3.63, 3.8) is 0 Å². The Balaban J connectivity index is 2.13. The zero-order valence-electron chi connectivity index (χ0n) is 11.0. The van der Waals surface area contributed by atoms with Crippen LogP contribution >= 0.6 is 15.9 Å². The van der Waals surface area contributed by atoms with Gasteiger partial charge in [0.15, 0.2) is 0 Å². The zero-order valence-corrected chi connectivity index (χ0v) is 12.6. The number of nitrogens with two attached hydrogens (primary N) is 1. The first kappa shape index (κ1) is 14.1. The Kier molecular flexibility index (Phi) is 5.00. The van der Waals surface area contributed by atoms with Gasteiger partial charge in [-0.05, 0) is 37.6 Å². The van der Waals surface area contributed by atoms with Crippen molar-refractivity contribution >= 4 is 15.9 Å². The van der Waals surface area contributed by atoms with Crippen LogP contribution in [-0.2, 0) is 13.0 Å². The van der Waals surface area contributed by atoms with Crippen molar-refractivity contribution in [3.8, 4) is 5.75 Å². The lowest BCUT2D eigenvalue weighted by Crippen LogP contribution is -2.06. The van der Waals surface area contributed by atoms with E-state index in [1.807, 2.05) is 24.3 Å². The fourth-order valence-electron chi connectivity index (χ4n) is 1.97. The van der Waals surface area contributed by atoms with Gasteiger partial charge in [0.2, 0.25) is 0 Å². The average molecular weight is 320 g/mol. The number of aryl methyl sites for hydroxylation is 1. The highest BCUT2D eigenvalue weighted by Gasteiger charge is 2.05. The molecule has 0 saturated carbocycles. The standard InChI is InChI=1S/C16H18BrNO/c1-12-6-7-16(13(10-12)8-9-18)19-11-14-4-2-3-5-15(14)17/h2-7,10H,8-9,11,18H2,1H3. The second-order valence-electron chi connectivity index (χ2n) is 4.53. The van der Waals surface area contributed by atoms with Gasteiger partial charge in [-0.15, -0.1) is 0 Å². The van der Waals surface area contributed by atoms with Crippen LogP contribution in [0.4, 0.5) is 0 Å². The lowest BCUT2D eigenvalue weighted by atomic mass is 10.1. The van der Waals surface area contributed by atoms with Crippen molar-refractivity contribution in [1.29, 1.82) is 0 Å². The summed E-state index contributed by atoms with van der Waals surface area (Å²) in [6.45, 7) is 3.27. The molecular weight excluding hydrogens is 302 g/mol. The van der Waals surface area contributed by atoms with Gasteiger partial charge < -0.3 is 10.5 Å². The van der Waals surface area contributed by atoms with Gasteiger partial charge in [0.05, 0.1) is 0 Å². The summed E-state index contributed by atoms with van der Waals surface area (Å²) in [5.74, 6) is 0.923. The SMILES string of the molecule is Cc1ccc(OCc2ccccc2Br)c(CCN)c1. The number of hydrogen-bond donors (Lipinski definition) is 1.